The van der Waals surface area contributed by atoms with E-state index in [4.69, 9.17) is 15.2 Å². The van der Waals surface area contributed by atoms with E-state index in [1.54, 1.807) is 12.1 Å². The normalized spacial score (nSPS) is 18.5. The fraction of sp³-hybridized carbons (Fsp3) is 0.500. The SMILES string of the molecule is COCC(N)C(=O)NC1CCCOc2c(F)cccc21.Cl. The van der Waals surface area contributed by atoms with Crippen molar-refractivity contribution in [3.63, 3.8) is 0 Å². The molecule has 1 amide bonds. The Balaban J connectivity index is 0.00000220. The highest BCUT2D eigenvalue weighted by Gasteiger charge is 2.25. The Morgan fingerprint density at radius 1 is 1.62 bits per heavy atom. The van der Waals surface area contributed by atoms with Gasteiger partial charge in [-0.2, -0.15) is 0 Å². The van der Waals surface area contributed by atoms with Crippen molar-refractivity contribution in [2.24, 2.45) is 5.73 Å². The molecule has 1 heterocycles. The Labute approximate surface area is 129 Å². The lowest BCUT2D eigenvalue weighted by atomic mass is 10.0. The average Bonchev–Trinajstić information content (AvgIpc) is 2.63. The third-order valence-corrected chi connectivity index (χ3v) is 3.26. The van der Waals surface area contributed by atoms with Gasteiger partial charge in [0.1, 0.15) is 6.04 Å². The van der Waals surface area contributed by atoms with Crippen molar-refractivity contribution >= 4 is 18.3 Å². The van der Waals surface area contributed by atoms with E-state index in [-0.39, 0.29) is 36.7 Å². The summed E-state index contributed by atoms with van der Waals surface area (Å²) in [5.74, 6) is -0.505. The van der Waals surface area contributed by atoms with E-state index in [1.807, 2.05) is 0 Å². The van der Waals surface area contributed by atoms with Gasteiger partial charge in [0.25, 0.3) is 0 Å². The van der Waals surface area contributed by atoms with Crippen LogP contribution in [0.4, 0.5) is 4.39 Å². The molecule has 118 valence electrons. The molecule has 3 N–H and O–H groups in total. The summed E-state index contributed by atoms with van der Waals surface area (Å²) >= 11 is 0. The van der Waals surface area contributed by atoms with Gasteiger partial charge in [0.05, 0.1) is 19.3 Å². The van der Waals surface area contributed by atoms with Gasteiger partial charge in [0.2, 0.25) is 5.91 Å². The first kappa shape index (κ1) is 17.7. The highest BCUT2D eigenvalue weighted by Crippen LogP contribution is 2.33. The Bertz CT molecular complexity index is 487. The molecule has 5 nitrogen and oxygen atoms in total. The van der Waals surface area contributed by atoms with Crippen LogP contribution in [0.25, 0.3) is 0 Å². The first-order chi connectivity index (χ1) is 9.63. The van der Waals surface area contributed by atoms with Crippen LogP contribution in [-0.4, -0.2) is 32.3 Å². The molecule has 2 atom stereocenters. The third-order valence-electron chi connectivity index (χ3n) is 3.26. The van der Waals surface area contributed by atoms with Crippen LogP contribution in [-0.2, 0) is 9.53 Å². The van der Waals surface area contributed by atoms with Gasteiger partial charge in [-0.1, -0.05) is 12.1 Å². The highest BCUT2D eigenvalue weighted by atomic mass is 35.5. The fourth-order valence-electron chi connectivity index (χ4n) is 2.25. The van der Waals surface area contributed by atoms with Crippen LogP contribution < -0.4 is 15.8 Å². The molecule has 1 aromatic carbocycles. The van der Waals surface area contributed by atoms with Crippen LogP contribution in [0, 0.1) is 5.82 Å². The van der Waals surface area contributed by atoms with Crippen molar-refractivity contribution < 1.29 is 18.7 Å². The fourth-order valence-corrected chi connectivity index (χ4v) is 2.25. The summed E-state index contributed by atoms with van der Waals surface area (Å²) in [5, 5.41) is 2.84. The Hall–Kier alpha value is -1.37. The summed E-state index contributed by atoms with van der Waals surface area (Å²) in [6, 6.07) is 3.69. The van der Waals surface area contributed by atoms with Crippen LogP contribution >= 0.6 is 12.4 Å². The van der Waals surface area contributed by atoms with E-state index in [0.29, 0.717) is 18.6 Å². The predicted octanol–water partition coefficient (Wildman–Crippen LogP) is 1.55. The first-order valence-electron chi connectivity index (χ1n) is 6.59. The van der Waals surface area contributed by atoms with Gasteiger partial charge in [-0.05, 0) is 18.9 Å². The van der Waals surface area contributed by atoms with E-state index in [1.165, 1.54) is 13.2 Å². The largest absolute Gasteiger partial charge is 0.490 e. The molecule has 0 saturated carbocycles. The molecule has 2 rings (SSSR count). The van der Waals surface area contributed by atoms with Gasteiger partial charge < -0.3 is 20.5 Å². The number of fused-ring (bicyclic) bond motifs is 1. The minimum Gasteiger partial charge on any atom is -0.490 e. The number of methoxy groups -OCH3 is 1. The second-order valence-corrected chi connectivity index (χ2v) is 4.77. The zero-order valence-electron chi connectivity index (χ0n) is 11.8. The van der Waals surface area contributed by atoms with Gasteiger partial charge in [-0.25, -0.2) is 4.39 Å². The minimum absolute atomic E-state index is 0. The van der Waals surface area contributed by atoms with Gasteiger partial charge in [-0.3, -0.25) is 4.79 Å². The number of carbonyl (C=O) groups is 1. The van der Waals surface area contributed by atoms with Crippen molar-refractivity contribution in [3.05, 3.63) is 29.6 Å². The second kappa shape index (κ2) is 8.17. The molecule has 21 heavy (non-hydrogen) atoms. The molecule has 0 spiro atoms. The van der Waals surface area contributed by atoms with Crippen LogP contribution in [0.15, 0.2) is 18.2 Å². The highest BCUT2D eigenvalue weighted by molar-refractivity contribution is 5.85. The van der Waals surface area contributed by atoms with Gasteiger partial charge >= 0.3 is 0 Å². The Morgan fingerprint density at radius 2 is 2.38 bits per heavy atom. The van der Waals surface area contributed by atoms with Crippen LogP contribution in [0.1, 0.15) is 24.4 Å². The van der Waals surface area contributed by atoms with Crippen molar-refractivity contribution in [1.82, 2.24) is 5.32 Å². The Kier molecular flexibility index (Phi) is 6.87. The number of hydrogen-bond donors (Lipinski definition) is 2. The van der Waals surface area contributed by atoms with Crippen LogP contribution in [0.2, 0.25) is 0 Å². The summed E-state index contributed by atoms with van der Waals surface area (Å²) in [5.41, 5.74) is 6.34. The molecule has 0 aromatic heterocycles. The summed E-state index contributed by atoms with van der Waals surface area (Å²) in [7, 11) is 1.48. The lowest BCUT2D eigenvalue weighted by Gasteiger charge is -2.20. The van der Waals surface area contributed by atoms with Gasteiger partial charge in [0, 0.05) is 12.7 Å². The van der Waals surface area contributed by atoms with E-state index >= 15 is 0 Å². The third kappa shape index (κ3) is 4.30. The van der Waals surface area contributed by atoms with Crippen LogP contribution in [0.3, 0.4) is 0 Å². The number of ether oxygens (including phenoxy) is 2. The van der Waals surface area contributed by atoms with Gasteiger partial charge in [0.15, 0.2) is 11.6 Å². The molecule has 1 aliphatic heterocycles. The number of para-hydroxylation sites is 1. The summed E-state index contributed by atoms with van der Waals surface area (Å²) < 4.78 is 24.0. The quantitative estimate of drug-likeness (QED) is 0.883. The number of carbonyl (C=O) groups excluding carboxylic acids is 1. The molecule has 1 aliphatic rings. The Morgan fingerprint density at radius 3 is 3.10 bits per heavy atom. The molecule has 0 bridgehead atoms. The number of nitrogens with one attached hydrogen (secondary N) is 1. The van der Waals surface area contributed by atoms with Crippen molar-refractivity contribution in [2.75, 3.05) is 20.3 Å². The molecular weight excluding hydrogens is 299 g/mol. The molecule has 0 aliphatic carbocycles. The summed E-state index contributed by atoms with van der Waals surface area (Å²) in [6.07, 6.45) is 1.42. The zero-order valence-corrected chi connectivity index (χ0v) is 12.6. The average molecular weight is 319 g/mol. The van der Waals surface area contributed by atoms with Gasteiger partial charge in [-0.15, -0.1) is 12.4 Å². The van der Waals surface area contributed by atoms with Crippen molar-refractivity contribution in [3.8, 4) is 5.75 Å². The van der Waals surface area contributed by atoms with E-state index in [0.717, 1.165) is 6.42 Å². The van der Waals surface area contributed by atoms with Crippen LogP contribution in [0.5, 0.6) is 5.75 Å². The maximum Gasteiger partial charge on any atom is 0.239 e. The summed E-state index contributed by atoms with van der Waals surface area (Å²) in [6.45, 7) is 0.579. The predicted molar refractivity (Wildman–Crippen MR) is 79.1 cm³/mol. The molecule has 7 heteroatoms. The number of nitrogens with two attached hydrogens (primary N) is 1. The van der Waals surface area contributed by atoms with Crippen molar-refractivity contribution in [1.29, 1.82) is 0 Å². The monoisotopic (exact) mass is 318 g/mol. The number of benzene rings is 1. The maximum absolute atomic E-state index is 13.8. The lowest BCUT2D eigenvalue weighted by molar-refractivity contribution is -0.124. The molecule has 0 radical (unpaired) electrons. The van der Waals surface area contributed by atoms with E-state index in [9.17, 15) is 9.18 Å². The van der Waals surface area contributed by atoms with E-state index in [2.05, 4.69) is 5.32 Å². The topological polar surface area (TPSA) is 73.6 Å². The molecular formula is C14H20ClFN2O3. The molecule has 1 aromatic rings. The molecule has 2 unspecified atom stereocenters. The number of rotatable bonds is 4. The van der Waals surface area contributed by atoms with E-state index < -0.39 is 11.9 Å². The minimum atomic E-state index is -0.735. The number of hydrogen-bond acceptors (Lipinski definition) is 4. The molecule has 0 saturated heterocycles. The maximum atomic E-state index is 13.8. The smallest absolute Gasteiger partial charge is 0.239 e. The summed E-state index contributed by atoms with van der Waals surface area (Å²) in [4.78, 5) is 12.0. The number of halogens is 2. The standard InChI is InChI=1S/C14H19FN2O3.ClH/c1-19-8-11(16)14(18)17-12-6-3-7-20-13-9(12)4-2-5-10(13)15;/h2,4-5,11-12H,3,6-8,16H2,1H3,(H,17,18);1H. The first-order valence-corrected chi connectivity index (χ1v) is 6.59. The lowest BCUT2D eigenvalue weighted by Crippen LogP contribution is -2.44. The second-order valence-electron chi connectivity index (χ2n) is 4.77. The van der Waals surface area contributed by atoms with Crippen molar-refractivity contribution in [2.45, 2.75) is 24.9 Å². The zero-order chi connectivity index (χ0) is 14.5. The number of amides is 1. The molecule has 0 fully saturated rings.